The van der Waals surface area contributed by atoms with E-state index in [1.165, 1.54) is 23.9 Å². The van der Waals surface area contributed by atoms with Gasteiger partial charge in [-0.25, -0.2) is 8.42 Å². The predicted molar refractivity (Wildman–Crippen MR) is 158 cm³/mol. The Morgan fingerprint density at radius 1 is 1.05 bits per heavy atom. The van der Waals surface area contributed by atoms with Gasteiger partial charge < -0.3 is 20.1 Å². The average Bonchev–Trinajstić information content (AvgIpc) is 3.20. The zero-order valence-corrected chi connectivity index (χ0v) is 25.6. The number of nitrogens with zero attached hydrogens (tertiary/aromatic N) is 1. The normalized spacial score (nSPS) is 15.5. The van der Waals surface area contributed by atoms with Gasteiger partial charge in [-0.2, -0.15) is 0 Å². The third-order valence-corrected chi connectivity index (χ3v) is 8.42. The van der Waals surface area contributed by atoms with Gasteiger partial charge in [0.2, 0.25) is 10.0 Å². The number of alkyl halides is 3. The number of sulfonamides is 1. The molecule has 14 heteroatoms. The fourth-order valence-electron chi connectivity index (χ4n) is 4.55. The van der Waals surface area contributed by atoms with Crippen molar-refractivity contribution in [3.63, 3.8) is 0 Å². The average molecular weight is 644 g/mol. The molecule has 0 aromatic heterocycles. The minimum absolute atomic E-state index is 0.196. The Kier molecular flexibility index (Phi) is 8.60. The van der Waals surface area contributed by atoms with Gasteiger partial charge in [0.15, 0.2) is 5.37 Å². The van der Waals surface area contributed by atoms with E-state index in [4.69, 9.17) is 22.1 Å². The molecular formula is C28H29ClF3N3O5S2. The van der Waals surface area contributed by atoms with Crippen LogP contribution in [0.5, 0.6) is 11.5 Å². The van der Waals surface area contributed by atoms with Crippen molar-refractivity contribution in [2.75, 3.05) is 15.9 Å². The molecule has 1 atom stereocenters. The molecule has 0 saturated carbocycles. The smallest absolute Gasteiger partial charge is 0.491 e. The van der Waals surface area contributed by atoms with Crippen LogP contribution in [0.2, 0.25) is 5.02 Å². The fourth-order valence-corrected chi connectivity index (χ4v) is 6.45. The second-order valence-corrected chi connectivity index (χ2v) is 13.8. The van der Waals surface area contributed by atoms with Crippen LogP contribution < -0.4 is 24.8 Å². The lowest BCUT2D eigenvalue weighted by Gasteiger charge is -2.31. The van der Waals surface area contributed by atoms with Crippen molar-refractivity contribution in [1.82, 2.24) is 0 Å². The number of fused-ring (bicyclic) bond motifs is 1. The van der Waals surface area contributed by atoms with Gasteiger partial charge in [-0.3, -0.25) is 9.52 Å². The summed E-state index contributed by atoms with van der Waals surface area (Å²) >= 11 is 7.77. The minimum Gasteiger partial charge on any atom is -0.491 e. The number of carbonyl (C=O) groups excluding carboxylic acids is 1. The van der Waals surface area contributed by atoms with Crippen molar-refractivity contribution in [1.29, 1.82) is 0 Å². The number of hydrogen-bond acceptors (Lipinski definition) is 7. The van der Waals surface area contributed by atoms with E-state index < -0.39 is 38.8 Å². The van der Waals surface area contributed by atoms with E-state index in [1.807, 2.05) is 0 Å². The molecule has 0 fully saturated rings. The first kappa shape index (κ1) is 31.6. The number of thioether (sulfide) groups is 1. The van der Waals surface area contributed by atoms with Crippen LogP contribution in [0.1, 0.15) is 38.8 Å². The summed E-state index contributed by atoms with van der Waals surface area (Å²) in [5.74, 6) is -0.876. The first-order chi connectivity index (χ1) is 19.3. The van der Waals surface area contributed by atoms with Crippen LogP contribution in [0, 0.1) is 0 Å². The monoisotopic (exact) mass is 643 g/mol. The van der Waals surface area contributed by atoms with E-state index in [2.05, 4.69) is 9.46 Å². The standard InChI is InChI=1S/C28H29ClF3N3O5S2/c1-15(2)39-21-10-17(11-22(14-21)40-28(30,31)32)27(3,4)16-8-18(29)12-20(9-16)35-23-13-19(34-42(5,37)38)6-7-24(23)41-26(35)25(33)36/h6-15,26,34H,1-5H3,(H2,33,36). The largest absolute Gasteiger partial charge is 0.573 e. The van der Waals surface area contributed by atoms with Crippen LogP contribution in [-0.4, -0.2) is 38.4 Å². The molecule has 4 rings (SSSR count). The molecule has 1 unspecified atom stereocenters. The molecule has 226 valence electrons. The van der Waals surface area contributed by atoms with Gasteiger partial charge in [0.25, 0.3) is 5.91 Å². The lowest BCUT2D eigenvalue weighted by molar-refractivity contribution is -0.274. The number of carbonyl (C=O) groups is 1. The number of anilines is 3. The van der Waals surface area contributed by atoms with Crippen LogP contribution in [0.25, 0.3) is 0 Å². The van der Waals surface area contributed by atoms with Gasteiger partial charge in [0, 0.05) is 27.1 Å². The molecule has 0 spiro atoms. The number of ether oxygens (including phenoxy) is 2. The highest BCUT2D eigenvalue weighted by molar-refractivity contribution is 8.01. The van der Waals surface area contributed by atoms with Gasteiger partial charge in [0.05, 0.1) is 23.7 Å². The number of nitrogens with one attached hydrogen (secondary N) is 1. The highest BCUT2D eigenvalue weighted by Crippen LogP contribution is 2.50. The molecule has 3 N–H and O–H groups in total. The maximum Gasteiger partial charge on any atom is 0.573 e. The van der Waals surface area contributed by atoms with Gasteiger partial charge >= 0.3 is 6.36 Å². The molecule has 0 bridgehead atoms. The molecular weight excluding hydrogens is 615 g/mol. The number of rotatable bonds is 9. The van der Waals surface area contributed by atoms with E-state index in [1.54, 1.807) is 75.1 Å². The second-order valence-electron chi connectivity index (χ2n) is 10.5. The third-order valence-electron chi connectivity index (χ3n) is 6.33. The van der Waals surface area contributed by atoms with Crippen LogP contribution >= 0.6 is 23.4 Å². The van der Waals surface area contributed by atoms with Crippen molar-refractivity contribution in [3.05, 3.63) is 70.7 Å². The van der Waals surface area contributed by atoms with E-state index in [9.17, 15) is 26.4 Å². The quantitative estimate of drug-likeness (QED) is 0.264. The van der Waals surface area contributed by atoms with Crippen molar-refractivity contribution >= 4 is 56.4 Å². The molecule has 1 amide bonds. The number of hydrogen-bond donors (Lipinski definition) is 2. The van der Waals surface area contributed by atoms with E-state index in [-0.39, 0.29) is 17.5 Å². The Morgan fingerprint density at radius 2 is 1.69 bits per heavy atom. The summed E-state index contributed by atoms with van der Waals surface area (Å²) in [7, 11) is -3.58. The Morgan fingerprint density at radius 3 is 2.29 bits per heavy atom. The lowest BCUT2D eigenvalue weighted by Crippen LogP contribution is -2.37. The van der Waals surface area contributed by atoms with Crippen LogP contribution in [0.4, 0.5) is 30.2 Å². The molecule has 1 aliphatic rings. The fraction of sp³-hybridized carbons (Fsp3) is 0.321. The highest BCUT2D eigenvalue weighted by atomic mass is 35.5. The number of amides is 1. The Balaban J connectivity index is 1.84. The highest BCUT2D eigenvalue weighted by Gasteiger charge is 2.37. The molecule has 3 aromatic rings. The Hall–Kier alpha value is -3.29. The summed E-state index contributed by atoms with van der Waals surface area (Å²) in [5, 5.41) is -0.582. The Labute approximate surface area is 251 Å². The van der Waals surface area contributed by atoms with Crippen molar-refractivity contribution < 1.29 is 35.9 Å². The van der Waals surface area contributed by atoms with Crippen LogP contribution in [0.15, 0.2) is 59.5 Å². The first-order valence-electron chi connectivity index (χ1n) is 12.6. The predicted octanol–water partition coefficient (Wildman–Crippen LogP) is 6.78. The first-order valence-corrected chi connectivity index (χ1v) is 15.7. The van der Waals surface area contributed by atoms with Crippen LogP contribution in [0.3, 0.4) is 0 Å². The van der Waals surface area contributed by atoms with Gasteiger partial charge in [-0.05, 0) is 73.5 Å². The molecule has 1 heterocycles. The number of primary amides is 1. The lowest BCUT2D eigenvalue weighted by atomic mass is 9.77. The topological polar surface area (TPSA) is 111 Å². The number of nitrogens with two attached hydrogens (primary N) is 1. The molecule has 42 heavy (non-hydrogen) atoms. The van der Waals surface area contributed by atoms with Crippen molar-refractivity contribution in [2.45, 2.75) is 55.8 Å². The van der Waals surface area contributed by atoms with Gasteiger partial charge in [-0.1, -0.05) is 37.2 Å². The van der Waals surface area contributed by atoms with Crippen molar-refractivity contribution in [2.24, 2.45) is 5.73 Å². The third kappa shape index (κ3) is 7.37. The molecule has 3 aromatic carbocycles. The molecule has 0 saturated heterocycles. The molecule has 0 radical (unpaired) electrons. The van der Waals surface area contributed by atoms with Gasteiger partial charge in [-0.15, -0.1) is 13.2 Å². The van der Waals surface area contributed by atoms with E-state index in [0.717, 1.165) is 6.26 Å². The molecule has 0 aliphatic carbocycles. The van der Waals surface area contributed by atoms with Crippen LogP contribution in [-0.2, 0) is 20.2 Å². The van der Waals surface area contributed by atoms with E-state index >= 15 is 0 Å². The zero-order chi connectivity index (χ0) is 31.2. The minimum atomic E-state index is -4.91. The van der Waals surface area contributed by atoms with Gasteiger partial charge in [0.1, 0.15) is 11.5 Å². The number of halogens is 4. The summed E-state index contributed by atoms with van der Waals surface area (Å²) in [6.45, 7) is 7.12. The van der Waals surface area contributed by atoms with Crippen molar-refractivity contribution in [3.8, 4) is 11.5 Å². The molecule has 1 aliphatic heterocycles. The molecule has 8 nitrogen and oxygen atoms in total. The zero-order valence-electron chi connectivity index (χ0n) is 23.2. The second kappa shape index (κ2) is 11.4. The summed E-state index contributed by atoms with van der Waals surface area (Å²) in [6, 6.07) is 14.0. The SMILES string of the molecule is CC(C)Oc1cc(OC(F)(F)F)cc(C(C)(C)c2cc(Cl)cc(N3c4cc(NS(C)(=O)=O)ccc4SC3C(N)=O)c2)c1. The maximum absolute atomic E-state index is 13.1. The number of benzene rings is 3. The van der Waals surface area contributed by atoms with E-state index in [0.29, 0.717) is 32.4 Å². The summed E-state index contributed by atoms with van der Waals surface area (Å²) in [5.41, 5.74) is 7.17. The summed E-state index contributed by atoms with van der Waals surface area (Å²) in [4.78, 5) is 14.9. The maximum atomic E-state index is 13.1. The Bertz CT molecular complexity index is 1630. The summed E-state index contributed by atoms with van der Waals surface area (Å²) < 4.78 is 75.5. The summed E-state index contributed by atoms with van der Waals surface area (Å²) in [6.07, 6.45) is -4.19.